The zero-order valence-electron chi connectivity index (χ0n) is 14.4. The third kappa shape index (κ3) is 3.83. The molecule has 0 aliphatic rings. The number of esters is 1. The molecule has 0 radical (unpaired) electrons. The number of hydrogen-bond acceptors (Lipinski definition) is 5. The van der Waals surface area contributed by atoms with E-state index in [0.717, 1.165) is 26.7 Å². The van der Waals surface area contributed by atoms with Crippen LogP contribution in [0, 0.1) is 0 Å². The number of aromatic nitrogens is 2. The molecule has 0 saturated heterocycles. The van der Waals surface area contributed by atoms with Crippen LogP contribution in [0.5, 0.6) is 0 Å². The molecule has 2 heterocycles. The highest BCUT2D eigenvalue weighted by atomic mass is 32.1. The van der Waals surface area contributed by atoms with Gasteiger partial charge in [0.05, 0.1) is 21.3 Å². The first-order valence-corrected chi connectivity index (χ1v) is 9.41. The van der Waals surface area contributed by atoms with Crippen molar-refractivity contribution in [2.75, 3.05) is 13.2 Å². The molecule has 27 heavy (non-hydrogen) atoms. The third-order valence-corrected chi connectivity index (χ3v) is 5.08. The Bertz CT molecular complexity index is 1120. The second-order valence-electron chi connectivity index (χ2n) is 6.07. The summed E-state index contributed by atoms with van der Waals surface area (Å²) in [5.74, 6) is -0.834. The van der Waals surface area contributed by atoms with Crippen LogP contribution >= 0.6 is 11.3 Å². The van der Waals surface area contributed by atoms with Crippen LogP contribution in [-0.2, 0) is 16.0 Å². The lowest BCUT2D eigenvalue weighted by molar-refractivity contribution is -0.124. The molecule has 2 aromatic carbocycles. The number of hydrogen-bond donors (Lipinski definition) is 2. The van der Waals surface area contributed by atoms with Crippen LogP contribution in [0.15, 0.2) is 54.2 Å². The van der Waals surface area contributed by atoms with Crippen molar-refractivity contribution in [3.8, 4) is 0 Å². The number of H-pyrrole nitrogens is 1. The summed E-state index contributed by atoms with van der Waals surface area (Å²) >= 11 is 1.45. The molecule has 0 aliphatic heterocycles. The van der Waals surface area contributed by atoms with Crippen LogP contribution in [0.3, 0.4) is 0 Å². The number of rotatable bonds is 6. The van der Waals surface area contributed by atoms with Gasteiger partial charge in [0, 0.05) is 23.6 Å². The minimum Gasteiger partial charge on any atom is -0.452 e. The quantitative estimate of drug-likeness (QED) is 0.504. The van der Waals surface area contributed by atoms with Crippen molar-refractivity contribution in [3.63, 3.8) is 0 Å². The highest BCUT2D eigenvalue weighted by Crippen LogP contribution is 2.19. The number of nitrogens with zero attached hydrogens (tertiary/aromatic N) is 1. The van der Waals surface area contributed by atoms with Gasteiger partial charge in [-0.2, -0.15) is 0 Å². The van der Waals surface area contributed by atoms with E-state index in [1.54, 1.807) is 23.7 Å². The van der Waals surface area contributed by atoms with Crippen molar-refractivity contribution >= 4 is 44.3 Å². The highest BCUT2D eigenvalue weighted by Gasteiger charge is 2.11. The first-order chi connectivity index (χ1) is 13.2. The zero-order valence-corrected chi connectivity index (χ0v) is 15.2. The SMILES string of the molecule is O=C(COC(=O)c1ccc2ncsc2c1)NCCc1c[nH]c2ccccc12. The summed E-state index contributed by atoms with van der Waals surface area (Å²) in [5, 5.41) is 3.93. The molecule has 0 aliphatic carbocycles. The van der Waals surface area contributed by atoms with Gasteiger partial charge in [-0.3, -0.25) is 4.79 Å². The maximum atomic E-state index is 12.1. The number of carbonyl (C=O) groups excluding carboxylic acids is 2. The molecule has 4 aromatic rings. The first-order valence-electron chi connectivity index (χ1n) is 8.53. The van der Waals surface area contributed by atoms with Crippen molar-refractivity contribution in [2.45, 2.75) is 6.42 Å². The Labute approximate surface area is 159 Å². The number of ether oxygens (including phenoxy) is 1. The molecule has 0 fully saturated rings. The van der Waals surface area contributed by atoms with Crippen LogP contribution in [-0.4, -0.2) is 35.0 Å². The number of carbonyl (C=O) groups is 2. The van der Waals surface area contributed by atoms with E-state index in [4.69, 9.17) is 4.74 Å². The Hall–Kier alpha value is -3.19. The Morgan fingerprint density at radius 1 is 1.19 bits per heavy atom. The lowest BCUT2D eigenvalue weighted by atomic mass is 10.1. The van der Waals surface area contributed by atoms with E-state index in [1.807, 2.05) is 30.5 Å². The average molecular weight is 379 g/mol. The molecule has 6 nitrogen and oxygen atoms in total. The summed E-state index contributed by atoms with van der Waals surface area (Å²) in [7, 11) is 0. The minimum absolute atomic E-state index is 0.298. The summed E-state index contributed by atoms with van der Waals surface area (Å²) < 4.78 is 6.01. The molecule has 2 N–H and O–H groups in total. The van der Waals surface area contributed by atoms with Crippen molar-refractivity contribution in [2.24, 2.45) is 0 Å². The predicted molar refractivity (Wildman–Crippen MR) is 105 cm³/mol. The van der Waals surface area contributed by atoms with Gasteiger partial charge in [-0.15, -0.1) is 11.3 Å². The topological polar surface area (TPSA) is 84.1 Å². The summed E-state index contributed by atoms with van der Waals surface area (Å²) in [6.45, 7) is 0.179. The number of amides is 1. The van der Waals surface area contributed by atoms with Gasteiger partial charge in [-0.25, -0.2) is 9.78 Å². The molecule has 0 unspecified atom stereocenters. The lowest BCUT2D eigenvalue weighted by Gasteiger charge is -2.06. The fraction of sp³-hybridized carbons (Fsp3) is 0.150. The summed E-state index contributed by atoms with van der Waals surface area (Å²) in [5.41, 5.74) is 5.19. The third-order valence-electron chi connectivity index (χ3n) is 4.29. The van der Waals surface area contributed by atoms with E-state index in [0.29, 0.717) is 18.5 Å². The largest absolute Gasteiger partial charge is 0.452 e. The number of aromatic amines is 1. The fourth-order valence-electron chi connectivity index (χ4n) is 2.92. The summed E-state index contributed by atoms with van der Waals surface area (Å²) in [6, 6.07) is 13.2. The number of thiazole rings is 1. The van der Waals surface area contributed by atoms with Crippen LogP contribution in [0.25, 0.3) is 21.1 Å². The van der Waals surface area contributed by atoms with Crippen LogP contribution in [0.1, 0.15) is 15.9 Å². The fourth-order valence-corrected chi connectivity index (χ4v) is 3.64. The predicted octanol–water partition coefficient (Wildman–Crippen LogP) is 3.29. The average Bonchev–Trinajstić information content (AvgIpc) is 3.32. The van der Waals surface area contributed by atoms with E-state index in [1.165, 1.54) is 11.3 Å². The van der Waals surface area contributed by atoms with Gasteiger partial charge >= 0.3 is 5.97 Å². The van der Waals surface area contributed by atoms with Crippen LogP contribution in [0.4, 0.5) is 0 Å². The molecule has 0 bridgehead atoms. The molecule has 4 rings (SSSR count). The van der Waals surface area contributed by atoms with Crippen molar-refractivity contribution in [3.05, 3.63) is 65.3 Å². The number of fused-ring (bicyclic) bond motifs is 2. The molecule has 2 aromatic heterocycles. The standard InChI is InChI=1S/C20H17N3O3S/c24-19(21-8-7-14-10-22-16-4-2-1-3-15(14)16)11-26-20(25)13-5-6-17-18(9-13)27-12-23-17/h1-6,9-10,12,22H,7-8,11H2,(H,21,24). The van der Waals surface area contributed by atoms with Gasteiger partial charge in [0.15, 0.2) is 6.61 Å². The number of nitrogens with one attached hydrogen (secondary N) is 2. The van der Waals surface area contributed by atoms with E-state index >= 15 is 0 Å². The van der Waals surface area contributed by atoms with E-state index < -0.39 is 5.97 Å². The van der Waals surface area contributed by atoms with Crippen molar-refractivity contribution in [1.29, 1.82) is 0 Å². The number of benzene rings is 2. The Morgan fingerprint density at radius 2 is 2.07 bits per heavy atom. The summed E-state index contributed by atoms with van der Waals surface area (Å²) in [6.07, 6.45) is 2.65. The van der Waals surface area contributed by atoms with Crippen molar-refractivity contribution in [1.82, 2.24) is 15.3 Å². The van der Waals surface area contributed by atoms with Gasteiger partial charge in [0.25, 0.3) is 5.91 Å². The highest BCUT2D eigenvalue weighted by molar-refractivity contribution is 7.16. The smallest absolute Gasteiger partial charge is 0.338 e. The van der Waals surface area contributed by atoms with Crippen molar-refractivity contribution < 1.29 is 14.3 Å². The Balaban J connectivity index is 1.26. The normalized spacial score (nSPS) is 11.0. The van der Waals surface area contributed by atoms with E-state index in [2.05, 4.69) is 15.3 Å². The number of para-hydroxylation sites is 1. The molecule has 1 amide bonds. The molecular weight excluding hydrogens is 362 g/mol. The van der Waals surface area contributed by atoms with Gasteiger partial charge in [0.2, 0.25) is 0 Å². The lowest BCUT2D eigenvalue weighted by Crippen LogP contribution is -2.30. The first kappa shape index (κ1) is 17.2. The monoisotopic (exact) mass is 379 g/mol. The Morgan fingerprint density at radius 3 is 3.00 bits per heavy atom. The molecule has 7 heteroatoms. The molecule has 0 saturated carbocycles. The molecule has 136 valence electrons. The van der Waals surface area contributed by atoms with E-state index in [-0.39, 0.29) is 12.5 Å². The van der Waals surface area contributed by atoms with E-state index in [9.17, 15) is 9.59 Å². The maximum absolute atomic E-state index is 12.1. The maximum Gasteiger partial charge on any atom is 0.338 e. The second kappa shape index (κ2) is 7.59. The zero-order chi connectivity index (χ0) is 18.6. The van der Waals surface area contributed by atoms with Gasteiger partial charge in [0.1, 0.15) is 0 Å². The molecule has 0 atom stereocenters. The summed E-state index contributed by atoms with van der Waals surface area (Å²) in [4.78, 5) is 31.4. The minimum atomic E-state index is -0.517. The van der Waals surface area contributed by atoms with Gasteiger partial charge < -0.3 is 15.0 Å². The second-order valence-corrected chi connectivity index (χ2v) is 6.96. The van der Waals surface area contributed by atoms with Gasteiger partial charge in [-0.1, -0.05) is 18.2 Å². The molecule has 0 spiro atoms. The van der Waals surface area contributed by atoms with Crippen LogP contribution < -0.4 is 5.32 Å². The molecular formula is C20H17N3O3S. The van der Waals surface area contributed by atoms with Gasteiger partial charge in [-0.05, 0) is 36.2 Å². The Kier molecular flexibility index (Phi) is 4.84. The van der Waals surface area contributed by atoms with Crippen LogP contribution in [0.2, 0.25) is 0 Å².